The monoisotopic (exact) mass is 201 g/mol. The van der Waals surface area contributed by atoms with Gasteiger partial charge in [0.2, 0.25) is 0 Å². The highest BCUT2D eigenvalue weighted by molar-refractivity contribution is 7.99. The summed E-state index contributed by atoms with van der Waals surface area (Å²) in [5, 5.41) is 0. The Morgan fingerprint density at radius 3 is 2.17 bits per heavy atom. The van der Waals surface area contributed by atoms with Crippen LogP contribution in [0.1, 0.15) is 19.3 Å². The molecule has 5 heteroatoms. The van der Waals surface area contributed by atoms with Crippen LogP contribution >= 0.6 is 11.8 Å². The van der Waals surface area contributed by atoms with Gasteiger partial charge in [-0.3, -0.25) is 0 Å². The molecule has 0 aliphatic carbocycles. The second-order valence-corrected chi connectivity index (χ2v) is 3.70. The van der Waals surface area contributed by atoms with Crippen molar-refractivity contribution in [2.24, 2.45) is 5.73 Å². The van der Waals surface area contributed by atoms with E-state index < -0.39 is 12.6 Å². The first kappa shape index (κ1) is 12.1. The molecule has 74 valence electrons. The fourth-order valence-corrected chi connectivity index (χ4v) is 1.59. The SMILES string of the molecule is NCCCSCCCC(F)(F)F. The van der Waals surface area contributed by atoms with E-state index in [1.807, 2.05) is 0 Å². The summed E-state index contributed by atoms with van der Waals surface area (Å²) in [6, 6.07) is 0. The van der Waals surface area contributed by atoms with Crippen molar-refractivity contribution in [2.75, 3.05) is 18.1 Å². The van der Waals surface area contributed by atoms with Crippen LogP contribution in [0, 0.1) is 0 Å². The molecule has 0 spiro atoms. The molecule has 0 saturated heterocycles. The zero-order valence-corrected chi connectivity index (χ0v) is 7.68. The highest BCUT2D eigenvalue weighted by atomic mass is 32.2. The van der Waals surface area contributed by atoms with Gasteiger partial charge in [-0.15, -0.1) is 0 Å². The molecule has 0 rings (SSSR count). The normalized spacial score (nSPS) is 12.0. The molecule has 0 atom stereocenters. The number of nitrogens with two attached hydrogens (primary N) is 1. The summed E-state index contributed by atoms with van der Waals surface area (Å²) < 4.78 is 34.8. The highest BCUT2D eigenvalue weighted by Crippen LogP contribution is 2.22. The number of hydrogen-bond acceptors (Lipinski definition) is 2. The molecule has 0 aromatic carbocycles. The molecule has 0 fully saturated rings. The number of alkyl halides is 3. The van der Waals surface area contributed by atoms with Crippen molar-refractivity contribution in [3.63, 3.8) is 0 Å². The predicted octanol–water partition coefficient (Wildman–Crippen LogP) is 2.41. The van der Waals surface area contributed by atoms with Gasteiger partial charge in [-0.2, -0.15) is 24.9 Å². The van der Waals surface area contributed by atoms with Crippen molar-refractivity contribution in [2.45, 2.75) is 25.4 Å². The molecule has 2 N–H and O–H groups in total. The molecule has 0 aliphatic rings. The van der Waals surface area contributed by atoms with Crippen molar-refractivity contribution < 1.29 is 13.2 Å². The standard InChI is InChI=1S/C7H14F3NS/c8-7(9,10)3-1-5-12-6-2-4-11/h1-6,11H2. The van der Waals surface area contributed by atoms with Gasteiger partial charge in [0, 0.05) is 6.42 Å². The van der Waals surface area contributed by atoms with Gasteiger partial charge < -0.3 is 5.73 Å². The Labute approximate surface area is 74.9 Å². The molecule has 0 aromatic heterocycles. The van der Waals surface area contributed by atoms with Crippen LogP contribution in [0.3, 0.4) is 0 Å². The summed E-state index contributed by atoms with van der Waals surface area (Å²) in [5.41, 5.74) is 5.22. The lowest BCUT2D eigenvalue weighted by atomic mass is 10.3. The maximum absolute atomic E-state index is 11.6. The average molecular weight is 201 g/mol. The molecular formula is C7H14F3NS. The number of halogens is 3. The molecule has 0 bridgehead atoms. The maximum Gasteiger partial charge on any atom is 0.389 e. The molecule has 0 unspecified atom stereocenters. The Balaban J connectivity index is 3.01. The first-order chi connectivity index (χ1) is 5.56. The third-order valence-electron chi connectivity index (χ3n) is 1.24. The summed E-state index contributed by atoms with van der Waals surface area (Å²) in [5.74, 6) is 1.45. The molecule has 1 nitrogen and oxygen atoms in total. The Kier molecular flexibility index (Phi) is 6.65. The molecule has 0 saturated carbocycles. The fourth-order valence-electron chi connectivity index (χ4n) is 0.662. The van der Waals surface area contributed by atoms with E-state index in [0.717, 1.165) is 12.2 Å². The van der Waals surface area contributed by atoms with Crippen molar-refractivity contribution in [3.8, 4) is 0 Å². The zero-order chi connectivity index (χ0) is 9.45. The summed E-state index contributed by atoms with van der Waals surface area (Å²) in [6.45, 7) is 0.617. The minimum atomic E-state index is -3.99. The van der Waals surface area contributed by atoms with E-state index in [2.05, 4.69) is 0 Å². The van der Waals surface area contributed by atoms with Gasteiger partial charge >= 0.3 is 6.18 Å². The van der Waals surface area contributed by atoms with Crippen LogP contribution in [0.4, 0.5) is 13.2 Å². The van der Waals surface area contributed by atoms with Gasteiger partial charge in [-0.1, -0.05) is 0 Å². The Morgan fingerprint density at radius 1 is 1.08 bits per heavy atom. The first-order valence-electron chi connectivity index (χ1n) is 3.91. The maximum atomic E-state index is 11.6. The third-order valence-corrected chi connectivity index (χ3v) is 2.40. The van der Waals surface area contributed by atoms with Gasteiger partial charge in [0.05, 0.1) is 0 Å². The molecule has 12 heavy (non-hydrogen) atoms. The lowest BCUT2D eigenvalue weighted by Crippen LogP contribution is -2.07. The van der Waals surface area contributed by atoms with Crippen molar-refractivity contribution in [1.29, 1.82) is 0 Å². The number of hydrogen-bond donors (Lipinski definition) is 1. The van der Waals surface area contributed by atoms with Crippen LogP contribution in [0.15, 0.2) is 0 Å². The molecule has 0 radical (unpaired) electrons. The molecular weight excluding hydrogens is 187 g/mol. The quantitative estimate of drug-likeness (QED) is 0.668. The van der Waals surface area contributed by atoms with Crippen molar-refractivity contribution in [1.82, 2.24) is 0 Å². The molecule has 0 amide bonds. The minimum absolute atomic E-state index is 0.221. The van der Waals surface area contributed by atoms with E-state index in [1.54, 1.807) is 0 Å². The Bertz CT molecular complexity index is 105. The number of rotatable bonds is 6. The van der Waals surface area contributed by atoms with E-state index in [4.69, 9.17) is 5.73 Å². The van der Waals surface area contributed by atoms with Crippen molar-refractivity contribution in [3.05, 3.63) is 0 Å². The summed E-state index contributed by atoms with van der Waals surface area (Å²) in [7, 11) is 0. The van der Waals surface area contributed by atoms with E-state index in [0.29, 0.717) is 12.3 Å². The van der Waals surface area contributed by atoms with Crippen molar-refractivity contribution >= 4 is 11.8 Å². The third kappa shape index (κ3) is 10.1. The van der Waals surface area contributed by atoms with E-state index >= 15 is 0 Å². The highest BCUT2D eigenvalue weighted by Gasteiger charge is 2.25. The van der Waals surface area contributed by atoms with E-state index in [1.165, 1.54) is 11.8 Å². The lowest BCUT2D eigenvalue weighted by molar-refractivity contribution is -0.134. The van der Waals surface area contributed by atoms with Crippen LogP contribution in [-0.2, 0) is 0 Å². The Hall–Kier alpha value is 0.100. The van der Waals surface area contributed by atoms with Crippen LogP contribution in [0.5, 0.6) is 0 Å². The molecule has 0 aliphatic heterocycles. The summed E-state index contributed by atoms with van der Waals surface area (Å²) >= 11 is 1.54. The van der Waals surface area contributed by atoms with Gasteiger partial charge in [-0.05, 0) is 30.9 Å². The molecule has 0 aromatic rings. The number of thioether (sulfide) groups is 1. The van der Waals surface area contributed by atoms with Gasteiger partial charge in [0.1, 0.15) is 0 Å². The van der Waals surface area contributed by atoms with Crippen LogP contribution in [0.25, 0.3) is 0 Å². The van der Waals surface area contributed by atoms with Crippen LogP contribution < -0.4 is 5.73 Å². The first-order valence-corrected chi connectivity index (χ1v) is 5.06. The second-order valence-electron chi connectivity index (χ2n) is 2.47. The largest absolute Gasteiger partial charge is 0.389 e. The summed E-state index contributed by atoms with van der Waals surface area (Å²) in [6.07, 6.45) is -3.55. The predicted molar refractivity (Wildman–Crippen MR) is 46.3 cm³/mol. The summed E-state index contributed by atoms with van der Waals surface area (Å²) in [4.78, 5) is 0. The van der Waals surface area contributed by atoms with Gasteiger partial charge in [-0.25, -0.2) is 0 Å². The van der Waals surface area contributed by atoms with Crippen LogP contribution in [0.2, 0.25) is 0 Å². The smallest absolute Gasteiger partial charge is 0.330 e. The zero-order valence-electron chi connectivity index (χ0n) is 6.86. The van der Waals surface area contributed by atoms with E-state index in [-0.39, 0.29) is 6.42 Å². The Morgan fingerprint density at radius 2 is 1.67 bits per heavy atom. The average Bonchev–Trinajstić information content (AvgIpc) is 1.94. The topological polar surface area (TPSA) is 26.0 Å². The van der Waals surface area contributed by atoms with E-state index in [9.17, 15) is 13.2 Å². The fraction of sp³-hybridized carbons (Fsp3) is 1.00. The second kappa shape index (κ2) is 6.60. The van der Waals surface area contributed by atoms with Crippen LogP contribution in [-0.4, -0.2) is 24.2 Å². The van der Waals surface area contributed by atoms with Gasteiger partial charge in [0.15, 0.2) is 0 Å². The lowest BCUT2D eigenvalue weighted by Gasteiger charge is -2.04. The minimum Gasteiger partial charge on any atom is -0.330 e. The van der Waals surface area contributed by atoms with Gasteiger partial charge in [0.25, 0.3) is 0 Å². The molecule has 0 heterocycles.